The van der Waals surface area contributed by atoms with E-state index in [-0.39, 0.29) is 17.9 Å². The Hall–Kier alpha value is -1.35. The van der Waals surface area contributed by atoms with Crippen LogP contribution in [0.1, 0.15) is 57.2 Å². The van der Waals surface area contributed by atoms with E-state index in [2.05, 4.69) is 49.9 Å². The second-order valence-electron chi connectivity index (χ2n) is 6.73. The molecule has 20 heavy (non-hydrogen) atoms. The Morgan fingerprint density at radius 1 is 1.20 bits per heavy atom. The highest BCUT2D eigenvalue weighted by Gasteiger charge is 2.26. The van der Waals surface area contributed by atoms with Crippen LogP contribution in [0, 0.1) is 0 Å². The number of likely N-dealkylation sites (tertiary alicyclic amines) is 1. The van der Waals surface area contributed by atoms with Crippen molar-refractivity contribution in [1.82, 2.24) is 4.90 Å². The van der Waals surface area contributed by atoms with Gasteiger partial charge in [0.05, 0.1) is 6.42 Å². The molecule has 1 fully saturated rings. The molecule has 0 saturated carbocycles. The molecule has 1 N–H and O–H groups in total. The van der Waals surface area contributed by atoms with Gasteiger partial charge in [-0.15, -0.1) is 0 Å². The predicted octanol–water partition coefficient (Wildman–Crippen LogP) is 3.60. The third-order valence-electron chi connectivity index (χ3n) is 4.11. The minimum atomic E-state index is -0.721. The van der Waals surface area contributed by atoms with Crippen LogP contribution in [-0.2, 0) is 10.2 Å². The average molecular weight is 275 g/mol. The van der Waals surface area contributed by atoms with E-state index in [4.69, 9.17) is 5.11 Å². The molecule has 1 heterocycles. The Morgan fingerprint density at radius 3 is 2.20 bits per heavy atom. The maximum absolute atomic E-state index is 11.1. The van der Waals surface area contributed by atoms with E-state index >= 15 is 0 Å². The number of carbonyl (C=O) groups is 1. The van der Waals surface area contributed by atoms with E-state index < -0.39 is 5.97 Å². The summed E-state index contributed by atoms with van der Waals surface area (Å²) in [5.74, 6) is -0.721. The van der Waals surface area contributed by atoms with Crippen LogP contribution in [0.5, 0.6) is 0 Å². The zero-order chi connectivity index (χ0) is 14.8. The normalized spacial score (nSPS) is 18.1. The lowest BCUT2D eigenvalue weighted by molar-refractivity contribution is -0.138. The van der Waals surface area contributed by atoms with Gasteiger partial charge in [-0.05, 0) is 42.5 Å². The third-order valence-corrected chi connectivity index (χ3v) is 4.11. The van der Waals surface area contributed by atoms with Crippen molar-refractivity contribution in [3.05, 3.63) is 35.4 Å². The lowest BCUT2D eigenvalue weighted by Crippen LogP contribution is -2.27. The molecule has 1 unspecified atom stereocenters. The summed E-state index contributed by atoms with van der Waals surface area (Å²) < 4.78 is 0. The van der Waals surface area contributed by atoms with Crippen molar-refractivity contribution >= 4 is 5.97 Å². The topological polar surface area (TPSA) is 40.5 Å². The van der Waals surface area contributed by atoms with Gasteiger partial charge in [-0.3, -0.25) is 9.69 Å². The molecular weight excluding hydrogens is 250 g/mol. The standard InChI is InChI=1S/C17H25NO2/c1-17(2,3)14-8-6-13(7-9-14)15(12-16(19)20)18-10-4-5-11-18/h6-9,15H,4-5,10-12H2,1-3H3,(H,19,20). The van der Waals surface area contributed by atoms with E-state index in [1.807, 2.05) is 0 Å². The molecule has 1 atom stereocenters. The minimum absolute atomic E-state index is 0.0176. The van der Waals surface area contributed by atoms with Gasteiger partial charge in [-0.1, -0.05) is 45.0 Å². The largest absolute Gasteiger partial charge is 0.481 e. The summed E-state index contributed by atoms with van der Waals surface area (Å²) >= 11 is 0. The molecule has 0 radical (unpaired) electrons. The van der Waals surface area contributed by atoms with Crippen LogP contribution in [-0.4, -0.2) is 29.1 Å². The summed E-state index contributed by atoms with van der Waals surface area (Å²) in [6.45, 7) is 8.60. The number of hydrogen-bond acceptors (Lipinski definition) is 2. The van der Waals surface area contributed by atoms with Crippen molar-refractivity contribution in [1.29, 1.82) is 0 Å². The molecular formula is C17H25NO2. The molecule has 1 aromatic carbocycles. The molecule has 1 aliphatic rings. The first-order chi connectivity index (χ1) is 9.38. The van der Waals surface area contributed by atoms with Gasteiger partial charge in [0.25, 0.3) is 0 Å². The number of carboxylic acids is 1. The molecule has 110 valence electrons. The Balaban J connectivity index is 2.22. The third kappa shape index (κ3) is 3.60. The van der Waals surface area contributed by atoms with Gasteiger partial charge in [0.15, 0.2) is 0 Å². The highest BCUT2D eigenvalue weighted by molar-refractivity contribution is 5.68. The summed E-state index contributed by atoms with van der Waals surface area (Å²) in [4.78, 5) is 13.4. The summed E-state index contributed by atoms with van der Waals surface area (Å²) in [7, 11) is 0. The Bertz CT molecular complexity index is 453. The molecule has 3 nitrogen and oxygen atoms in total. The molecule has 0 spiro atoms. The maximum Gasteiger partial charge on any atom is 0.305 e. The van der Waals surface area contributed by atoms with Crippen LogP contribution in [0.15, 0.2) is 24.3 Å². The van der Waals surface area contributed by atoms with Crippen molar-refractivity contribution in [2.75, 3.05) is 13.1 Å². The fourth-order valence-corrected chi connectivity index (χ4v) is 2.88. The fraction of sp³-hybridized carbons (Fsp3) is 0.588. The average Bonchev–Trinajstić information content (AvgIpc) is 2.88. The van der Waals surface area contributed by atoms with E-state index in [9.17, 15) is 4.79 Å². The lowest BCUT2D eigenvalue weighted by atomic mass is 9.86. The van der Waals surface area contributed by atoms with E-state index in [0.29, 0.717) is 0 Å². The summed E-state index contributed by atoms with van der Waals surface area (Å²) in [5, 5.41) is 9.16. The zero-order valence-electron chi connectivity index (χ0n) is 12.7. The Morgan fingerprint density at radius 2 is 1.75 bits per heavy atom. The summed E-state index contributed by atoms with van der Waals surface area (Å²) in [6, 6.07) is 8.50. The lowest BCUT2D eigenvalue weighted by Gasteiger charge is -2.27. The second kappa shape index (κ2) is 5.96. The van der Waals surface area contributed by atoms with Crippen LogP contribution >= 0.6 is 0 Å². The van der Waals surface area contributed by atoms with Gasteiger partial charge in [-0.2, -0.15) is 0 Å². The first-order valence-corrected chi connectivity index (χ1v) is 7.44. The van der Waals surface area contributed by atoms with Gasteiger partial charge in [0.2, 0.25) is 0 Å². The summed E-state index contributed by atoms with van der Waals surface area (Å²) in [5.41, 5.74) is 2.55. The fourth-order valence-electron chi connectivity index (χ4n) is 2.88. The number of carboxylic acid groups (broad SMARTS) is 1. The van der Waals surface area contributed by atoms with Crippen LogP contribution in [0.2, 0.25) is 0 Å². The molecule has 1 aliphatic heterocycles. The van der Waals surface area contributed by atoms with Crippen LogP contribution in [0.4, 0.5) is 0 Å². The van der Waals surface area contributed by atoms with Crippen molar-refractivity contribution < 1.29 is 9.90 Å². The monoisotopic (exact) mass is 275 g/mol. The number of nitrogens with zero attached hydrogens (tertiary/aromatic N) is 1. The first kappa shape index (κ1) is 15.0. The second-order valence-corrected chi connectivity index (χ2v) is 6.73. The zero-order valence-corrected chi connectivity index (χ0v) is 12.7. The Labute approximate surface area is 121 Å². The molecule has 0 amide bonds. The van der Waals surface area contributed by atoms with Gasteiger partial charge in [0.1, 0.15) is 0 Å². The van der Waals surface area contributed by atoms with E-state index in [1.54, 1.807) is 0 Å². The number of benzene rings is 1. The van der Waals surface area contributed by atoms with Crippen molar-refractivity contribution in [2.24, 2.45) is 0 Å². The van der Waals surface area contributed by atoms with Crippen LogP contribution in [0.25, 0.3) is 0 Å². The predicted molar refractivity (Wildman–Crippen MR) is 80.9 cm³/mol. The highest BCUT2D eigenvalue weighted by Crippen LogP contribution is 2.30. The summed E-state index contributed by atoms with van der Waals surface area (Å²) in [6.07, 6.45) is 2.54. The van der Waals surface area contributed by atoms with Crippen LogP contribution in [0.3, 0.4) is 0 Å². The quantitative estimate of drug-likeness (QED) is 0.912. The molecule has 0 aliphatic carbocycles. The molecule has 2 rings (SSSR count). The minimum Gasteiger partial charge on any atom is -0.481 e. The highest BCUT2D eigenvalue weighted by atomic mass is 16.4. The first-order valence-electron chi connectivity index (χ1n) is 7.44. The maximum atomic E-state index is 11.1. The van der Waals surface area contributed by atoms with Gasteiger partial charge in [0, 0.05) is 6.04 Å². The molecule has 0 aromatic heterocycles. The number of hydrogen-bond donors (Lipinski definition) is 1. The van der Waals surface area contributed by atoms with Crippen molar-refractivity contribution in [2.45, 2.75) is 51.5 Å². The van der Waals surface area contributed by atoms with Gasteiger partial charge < -0.3 is 5.11 Å². The number of rotatable bonds is 4. The van der Waals surface area contributed by atoms with Gasteiger partial charge in [-0.25, -0.2) is 0 Å². The molecule has 0 bridgehead atoms. The van der Waals surface area contributed by atoms with Crippen molar-refractivity contribution in [3.63, 3.8) is 0 Å². The Kier molecular flexibility index (Phi) is 4.48. The van der Waals surface area contributed by atoms with Gasteiger partial charge >= 0.3 is 5.97 Å². The SMILES string of the molecule is CC(C)(C)c1ccc(C(CC(=O)O)N2CCCC2)cc1. The molecule has 1 aromatic rings. The van der Waals surface area contributed by atoms with Crippen LogP contribution < -0.4 is 0 Å². The van der Waals surface area contributed by atoms with E-state index in [0.717, 1.165) is 18.7 Å². The number of aliphatic carboxylic acids is 1. The molecule has 3 heteroatoms. The molecule has 1 saturated heterocycles. The van der Waals surface area contributed by atoms with Crippen molar-refractivity contribution in [3.8, 4) is 0 Å². The van der Waals surface area contributed by atoms with E-state index in [1.165, 1.54) is 18.4 Å². The smallest absolute Gasteiger partial charge is 0.305 e.